The van der Waals surface area contributed by atoms with E-state index in [0.717, 1.165) is 109 Å². The van der Waals surface area contributed by atoms with Gasteiger partial charge in [-0.2, -0.15) is 20.4 Å². The Bertz CT molecular complexity index is 6520. The SMILES string of the molecule is CC(=O)NCCNC(=O)c1cnc2n[nH]c(-c3ccc4ccccc4c3)c2c1.CC(C)C(CO)NC(=O)c1cnc2n[nH]c(-c3ccc4ccccc4c3)c2c1.O=C(NCc1cccnc1)c1cnc2n[nH]c(-c3ccc4ccccc4c3)c2c1.O=C(NCc1cccs1)c1cnc2n[nH]c(-c3ccc4ccccc4c3)c2c1. The highest BCUT2D eigenvalue weighted by atomic mass is 32.1. The van der Waals surface area contributed by atoms with Crippen LogP contribution < -0.4 is 26.6 Å². The first-order valence-corrected chi connectivity index (χ1v) is 37.4. The van der Waals surface area contributed by atoms with E-state index in [2.05, 4.69) is 195 Å². The summed E-state index contributed by atoms with van der Waals surface area (Å²) < 4.78 is 0. The third-order valence-corrected chi connectivity index (χ3v) is 20.0. The lowest BCUT2D eigenvalue weighted by molar-refractivity contribution is -0.118. The van der Waals surface area contributed by atoms with Crippen LogP contribution in [-0.4, -0.2) is 126 Å². The Morgan fingerprint density at radius 3 is 1.10 bits per heavy atom. The molecule has 18 aromatic rings. The second-order valence-corrected chi connectivity index (χ2v) is 28.1. The third-order valence-electron chi connectivity index (χ3n) is 19.1. The molecule has 10 heterocycles. The highest BCUT2D eigenvalue weighted by Gasteiger charge is 2.21. The third kappa shape index (κ3) is 17.2. The summed E-state index contributed by atoms with van der Waals surface area (Å²) in [5.41, 5.74) is 12.5. The van der Waals surface area contributed by atoms with E-state index in [-0.39, 0.29) is 48.1 Å². The number of carbonyl (C=O) groups is 5. The number of thiophene rings is 1. The molecule has 558 valence electrons. The van der Waals surface area contributed by atoms with Crippen LogP contribution in [0.2, 0.25) is 0 Å². The van der Waals surface area contributed by atoms with Gasteiger partial charge in [0.1, 0.15) is 0 Å². The van der Waals surface area contributed by atoms with E-state index in [1.807, 2.05) is 122 Å². The Morgan fingerprint density at radius 2 is 0.752 bits per heavy atom. The van der Waals surface area contributed by atoms with E-state index in [4.69, 9.17) is 0 Å². The van der Waals surface area contributed by atoms with E-state index in [9.17, 15) is 29.1 Å². The molecule has 8 aromatic carbocycles. The number of pyridine rings is 5. The molecule has 0 saturated carbocycles. The number of fused-ring (bicyclic) bond motifs is 8. The van der Waals surface area contributed by atoms with Crippen molar-refractivity contribution >= 4 is 128 Å². The van der Waals surface area contributed by atoms with Gasteiger partial charge in [-0.3, -0.25) is 49.4 Å². The first kappa shape index (κ1) is 73.9. The largest absolute Gasteiger partial charge is 0.394 e. The number of rotatable bonds is 18. The van der Waals surface area contributed by atoms with Gasteiger partial charge in [0.05, 0.1) is 64.2 Å². The molecule has 0 spiro atoms. The topological polar surface area (TPSA) is 345 Å². The molecule has 0 bridgehead atoms. The summed E-state index contributed by atoms with van der Waals surface area (Å²) in [6.45, 7) is 6.89. The lowest BCUT2D eigenvalue weighted by Crippen LogP contribution is -2.41. The number of aromatic amines is 4. The van der Waals surface area contributed by atoms with Crippen molar-refractivity contribution in [3.63, 3.8) is 0 Å². The summed E-state index contributed by atoms with van der Waals surface area (Å²) in [6, 6.07) is 72.2. The zero-order chi connectivity index (χ0) is 77.7. The lowest BCUT2D eigenvalue weighted by atomic mass is 10.0. The first-order chi connectivity index (χ1) is 55.2. The Morgan fingerprint density at radius 1 is 0.389 bits per heavy atom. The Kier molecular flexibility index (Phi) is 22.2. The maximum absolute atomic E-state index is 12.6. The Labute approximate surface area is 650 Å². The number of aromatic nitrogens is 13. The van der Waals surface area contributed by atoms with Crippen molar-refractivity contribution in [2.75, 3.05) is 19.7 Å². The zero-order valence-corrected chi connectivity index (χ0v) is 62.3. The van der Waals surface area contributed by atoms with Crippen LogP contribution in [0.4, 0.5) is 0 Å². The number of nitrogens with zero attached hydrogens (tertiary/aromatic N) is 9. The summed E-state index contributed by atoms with van der Waals surface area (Å²) in [5, 5.41) is 67.4. The number of H-pyrrole nitrogens is 4. The van der Waals surface area contributed by atoms with Crippen molar-refractivity contribution in [3.05, 3.63) is 294 Å². The van der Waals surface area contributed by atoms with Gasteiger partial charge in [-0.15, -0.1) is 11.3 Å². The smallest absolute Gasteiger partial charge is 0.253 e. The number of amides is 5. The quantitative estimate of drug-likeness (QED) is 0.0357. The molecule has 0 saturated heterocycles. The monoisotopic (exact) mass is 1510 g/mol. The van der Waals surface area contributed by atoms with Gasteiger partial charge in [0.25, 0.3) is 23.6 Å². The molecule has 24 nitrogen and oxygen atoms in total. The number of benzene rings is 8. The van der Waals surface area contributed by atoms with Crippen molar-refractivity contribution in [3.8, 4) is 45.0 Å². The minimum atomic E-state index is -0.299. The number of aliphatic hydroxyl groups is 1. The van der Waals surface area contributed by atoms with Crippen LogP contribution in [-0.2, 0) is 17.9 Å². The van der Waals surface area contributed by atoms with Gasteiger partial charge in [-0.25, -0.2) is 19.9 Å². The van der Waals surface area contributed by atoms with Gasteiger partial charge in [0.2, 0.25) is 5.91 Å². The molecule has 0 aliphatic carbocycles. The zero-order valence-electron chi connectivity index (χ0n) is 61.4. The van der Waals surface area contributed by atoms with Gasteiger partial charge < -0.3 is 31.7 Å². The van der Waals surface area contributed by atoms with Crippen molar-refractivity contribution in [1.29, 1.82) is 0 Å². The van der Waals surface area contributed by atoms with E-state index in [1.54, 1.807) is 48.3 Å². The molecule has 10 aromatic heterocycles. The lowest BCUT2D eigenvalue weighted by Gasteiger charge is -2.19. The molecule has 25 heteroatoms. The predicted molar refractivity (Wildman–Crippen MR) is 442 cm³/mol. The molecule has 0 radical (unpaired) electrons. The van der Waals surface area contributed by atoms with Crippen LogP contribution in [0, 0.1) is 5.92 Å². The van der Waals surface area contributed by atoms with Gasteiger partial charge in [-0.05, 0) is 121 Å². The van der Waals surface area contributed by atoms with Crippen LogP contribution in [0.5, 0.6) is 0 Å². The number of aliphatic hydroxyl groups excluding tert-OH is 1. The minimum absolute atomic E-state index is 0.104. The highest BCUT2D eigenvalue weighted by Crippen LogP contribution is 2.34. The molecular weight excluding hydrogens is 1440 g/mol. The van der Waals surface area contributed by atoms with Crippen molar-refractivity contribution in [2.24, 2.45) is 5.92 Å². The molecule has 113 heavy (non-hydrogen) atoms. The summed E-state index contributed by atoms with van der Waals surface area (Å²) in [5.74, 6) is -0.830. The first-order valence-electron chi connectivity index (χ1n) is 36.5. The number of hydrogen-bond donors (Lipinski definition) is 10. The van der Waals surface area contributed by atoms with E-state index in [1.165, 1.54) is 30.1 Å². The molecule has 0 fully saturated rings. The molecule has 1 atom stereocenters. The van der Waals surface area contributed by atoms with Gasteiger partial charge in [0, 0.05) is 112 Å². The van der Waals surface area contributed by atoms with Gasteiger partial charge in [-0.1, -0.05) is 172 Å². The fraction of sp³-hybridized carbons (Fsp3) is 0.114. The molecular formula is C88H74N18O6S. The van der Waals surface area contributed by atoms with Gasteiger partial charge >= 0.3 is 0 Å². The molecule has 0 aliphatic heterocycles. The van der Waals surface area contributed by atoms with Crippen molar-refractivity contribution in [1.82, 2.24) is 92.3 Å². The molecule has 1 unspecified atom stereocenters. The average Bonchev–Trinajstić information content (AvgIpc) is 1.65. The number of nitrogens with one attached hydrogen (secondary N) is 9. The Hall–Kier alpha value is -14.6. The minimum Gasteiger partial charge on any atom is -0.394 e. The number of hydrogen-bond acceptors (Lipinski definition) is 16. The maximum atomic E-state index is 12.6. The summed E-state index contributed by atoms with van der Waals surface area (Å²) >= 11 is 1.62. The predicted octanol–water partition coefficient (Wildman–Crippen LogP) is 15.0. The normalized spacial score (nSPS) is 11.4. The summed E-state index contributed by atoms with van der Waals surface area (Å²) in [7, 11) is 0. The molecule has 5 amide bonds. The fourth-order valence-electron chi connectivity index (χ4n) is 13.0. The molecule has 0 aliphatic rings. The van der Waals surface area contributed by atoms with Crippen LogP contribution in [0.25, 0.3) is 132 Å². The molecule has 18 rings (SSSR count). The van der Waals surface area contributed by atoms with Crippen molar-refractivity contribution in [2.45, 2.75) is 39.9 Å². The second kappa shape index (κ2) is 33.9. The van der Waals surface area contributed by atoms with Crippen molar-refractivity contribution < 1.29 is 29.1 Å². The Balaban J connectivity index is 0.000000119. The van der Waals surface area contributed by atoms with Crippen LogP contribution in [0.1, 0.15) is 72.6 Å². The summed E-state index contributed by atoms with van der Waals surface area (Å²) in [6.07, 6.45) is 9.56. The maximum Gasteiger partial charge on any atom is 0.253 e. The highest BCUT2D eigenvalue weighted by molar-refractivity contribution is 7.09. The van der Waals surface area contributed by atoms with E-state index in [0.29, 0.717) is 71.0 Å². The average molecular weight is 1510 g/mol. The van der Waals surface area contributed by atoms with Gasteiger partial charge in [0.15, 0.2) is 22.6 Å². The van der Waals surface area contributed by atoms with E-state index >= 15 is 0 Å². The van der Waals surface area contributed by atoms with E-state index < -0.39 is 0 Å². The van der Waals surface area contributed by atoms with Crippen LogP contribution >= 0.6 is 11.3 Å². The standard InChI is InChI=1S/C23H17N5O.C22H22N4O2.C22H16N4OS.C21H19N5O2/c29-23(26-13-15-4-3-9-24-12-15)19-11-20-21(27-28-22(20)25-14-19)18-8-7-16-5-1-2-6-17(16)10-18;1-13(2)19(12-27)24-22(28)17-10-18-20(25-26-21(18)23-11-17)16-8-7-14-5-3-4-6-15(14)9-16;27-22(24-13-18-6-3-9-28-18)17-11-19-20(25-26-21(19)23-12-17)16-8-7-14-4-1-2-5-15(14)10-16;1-13(27)22-8-9-23-21(28)17-11-18-19(25-26-20(18)24-12-17)16-7-6-14-4-2-3-5-15(14)10-16/h1-12,14H,13H2,(H,26,29)(H,25,27,28);3-11,13,19,27H,12H2,1-2H3,(H,24,28)(H,23,25,26);1-12H,13H2,(H,24,27)(H,23,25,26);2-7,10-12H,8-9H2,1H3,(H,22,27)(H,23,28)(H,24,25,26). The van der Waals surface area contributed by atoms with Crippen LogP contribution in [0.15, 0.2) is 261 Å². The number of carbonyl (C=O) groups excluding carboxylic acids is 5. The second-order valence-electron chi connectivity index (χ2n) is 27.1. The molecule has 10 N–H and O–H groups in total. The van der Waals surface area contributed by atoms with Crippen LogP contribution in [0.3, 0.4) is 0 Å². The fourth-order valence-corrected chi connectivity index (χ4v) is 13.7. The summed E-state index contributed by atoms with van der Waals surface area (Å²) in [4.78, 5) is 83.5.